The number of ether oxygens (including phenoxy) is 1. The molecule has 0 N–H and O–H groups in total. The second-order valence-corrected chi connectivity index (χ2v) is 9.13. The van der Waals surface area contributed by atoms with Crippen molar-refractivity contribution in [2.24, 2.45) is 11.3 Å². The molecule has 1 aliphatic carbocycles. The number of piperidine rings is 1. The lowest BCUT2D eigenvalue weighted by Crippen LogP contribution is -2.45. The third-order valence-corrected chi connectivity index (χ3v) is 6.93. The SMILES string of the molecule is COc1ccc2c(C)cc(N3CC[C@]4(CCCN(CC5CC5)C4)C3)nc2c1. The molecule has 1 aromatic carbocycles. The molecule has 1 atom stereocenters. The lowest BCUT2D eigenvalue weighted by Gasteiger charge is -2.40. The molecule has 1 saturated carbocycles. The maximum atomic E-state index is 5.41. The van der Waals surface area contributed by atoms with E-state index in [-0.39, 0.29) is 0 Å². The monoisotopic (exact) mass is 365 g/mol. The third kappa shape index (κ3) is 3.40. The highest BCUT2D eigenvalue weighted by Gasteiger charge is 2.42. The van der Waals surface area contributed by atoms with Gasteiger partial charge in [0.05, 0.1) is 12.6 Å². The topological polar surface area (TPSA) is 28.6 Å². The Morgan fingerprint density at radius 2 is 2.04 bits per heavy atom. The standard InChI is InChI=1S/C23H31N3O/c1-17-12-22(24-21-13-19(27-2)6-7-20(17)21)26-11-9-23(16-26)8-3-10-25(15-23)14-18-4-5-18/h6-7,12-13,18H,3-5,8-11,14-16H2,1-2H3/t23-/m0/s1. The molecule has 0 amide bonds. The number of fused-ring (bicyclic) bond motifs is 1. The lowest BCUT2D eigenvalue weighted by atomic mass is 9.79. The average Bonchev–Trinajstić information content (AvgIpc) is 3.40. The number of anilines is 1. The fourth-order valence-electron chi connectivity index (χ4n) is 5.25. The van der Waals surface area contributed by atoms with Crippen LogP contribution in [0.4, 0.5) is 5.82 Å². The van der Waals surface area contributed by atoms with Crippen molar-refractivity contribution in [2.75, 3.05) is 44.7 Å². The molecular formula is C23H31N3O. The molecule has 0 bridgehead atoms. The van der Waals surface area contributed by atoms with E-state index in [1.807, 2.05) is 6.07 Å². The van der Waals surface area contributed by atoms with Crippen LogP contribution < -0.4 is 9.64 Å². The van der Waals surface area contributed by atoms with E-state index >= 15 is 0 Å². The first-order valence-corrected chi connectivity index (χ1v) is 10.6. The highest BCUT2D eigenvalue weighted by molar-refractivity contribution is 5.85. The summed E-state index contributed by atoms with van der Waals surface area (Å²) >= 11 is 0. The van der Waals surface area contributed by atoms with Crippen molar-refractivity contribution in [3.63, 3.8) is 0 Å². The smallest absolute Gasteiger partial charge is 0.129 e. The molecule has 1 aromatic heterocycles. The number of likely N-dealkylation sites (tertiary alicyclic amines) is 1. The number of nitrogens with zero attached hydrogens (tertiary/aromatic N) is 3. The van der Waals surface area contributed by atoms with Crippen LogP contribution in [0.3, 0.4) is 0 Å². The highest BCUT2D eigenvalue weighted by Crippen LogP contribution is 2.42. The van der Waals surface area contributed by atoms with Gasteiger partial charge in [-0.05, 0) is 75.3 Å². The predicted octanol–water partition coefficient (Wildman–Crippen LogP) is 4.25. The molecule has 27 heavy (non-hydrogen) atoms. The van der Waals surface area contributed by atoms with Crippen LogP contribution in [0.1, 0.15) is 37.7 Å². The van der Waals surface area contributed by atoms with Crippen LogP contribution in [-0.4, -0.2) is 49.7 Å². The quantitative estimate of drug-likeness (QED) is 0.810. The number of aryl methyl sites for hydroxylation is 1. The van der Waals surface area contributed by atoms with Gasteiger partial charge in [0.2, 0.25) is 0 Å². The summed E-state index contributed by atoms with van der Waals surface area (Å²) in [5.41, 5.74) is 2.83. The zero-order chi connectivity index (χ0) is 18.4. The maximum Gasteiger partial charge on any atom is 0.129 e. The van der Waals surface area contributed by atoms with E-state index < -0.39 is 0 Å². The van der Waals surface area contributed by atoms with Crippen LogP contribution in [0.2, 0.25) is 0 Å². The number of hydrogen-bond donors (Lipinski definition) is 0. The van der Waals surface area contributed by atoms with Crippen molar-refractivity contribution < 1.29 is 4.74 Å². The van der Waals surface area contributed by atoms with Crippen molar-refractivity contribution in [1.82, 2.24) is 9.88 Å². The summed E-state index contributed by atoms with van der Waals surface area (Å²) in [6.45, 7) is 8.44. The van der Waals surface area contributed by atoms with Crippen molar-refractivity contribution in [3.05, 3.63) is 29.8 Å². The largest absolute Gasteiger partial charge is 0.497 e. The Balaban J connectivity index is 1.37. The van der Waals surface area contributed by atoms with E-state index in [9.17, 15) is 0 Å². The first-order valence-electron chi connectivity index (χ1n) is 10.6. The molecule has 3 fully saturated rings. The van der Waals surface area contributed by atoms with Crippen LogP contribution >= 0.6 is 0 Å². The summed E-state index contributed by atoms with van der Waals surface area (Å²) in [6.07, 6.45) is 6.97. The van der Waals surface area contributed by atoms with Gasteiger partial charge in [0.1, 0.15) is 11.6 Å². The normalized spacial score (nSPS) is 26.2. The number of benzene rings is 1. The predicted molar refractivity (Wildman–Crippen MR) is 111 cm³/mol. The van der Waals surface area contributed by atoms with Gasteiger partial charge in [-0.1, -0.05) is 0 Å². The fraction of sp³-hybridized carbons (Fsp3) is 0.609. The van der Waals surface area contributed by atoms with Gasteiger partial charge < -0.3 is 14.5 Å². The molecule has 2 aliphatic heterocycles. The average molecular weight is 366 g/mol. The minimum absolute atomic E-state index is 0.478. The second kappa shape index (κ2) is 6.66. The van der Waals surface area contributed by atoms with E-state index in [0.717, 1.165) is 36.1 Å². The van der Waals surface area contributed by atoms with Crippen molar-refractivity contribution in [1.29, 1.82) is 0 Å². The van der Waals surface area contributed by atoms with Gasteiger partial charge in [-0.3, -0.25) is 0 Å². The minimum Gasteiger partial charge on any atom is -0.497 e. The van der Waals surface area contributed by atoms with E-state index in [2.05, 4.69) is 34.9 Å². The second-order valence-electron chi connectivity index (χ2n) is 9.13. The van der Waals surface area contributed by atoms with Gasteiger partial charge in [0, 0.05) is 43.0 Å². The van der Waals surface area contributed by atoms with Gasteiger partial charge >= 0.3 is 0 Å². The van der Waals surface area contributed by atoms with E-state index in [1.165, 1.54) is 62.7 Å². The first-order chi connectivity index (χ1) is 13.1. The van der Waals surface area contributed by atoms with Crippen molar-refractivity contribution in [2.45, 2.75) is 39.0 Å². The molecule has 2 aromatic rings. The summed E-state index contributed by atoms with van der Waals surface area (Å²) in [5, 5.41) is 1.22. The Hall–Kier alpha value is -1.81. The van der Waals surface area contributed by atoms with Crippen LogP contribution in [-0.2, 0) is 0 Å². The molecule has 3 heterocycles. The number of pyridine rings is 1. The number of hydrogen-bond acceptors (Lipinski definition) is 4. The van der Waals surface area contributed by atoms with E-state index in [4.69, 9.17) is 9.72 Å². The van der Waals surface area contributed by atoms with Gasteiger partial charge in [0.25, 0.3) is 0 Å². The molecular weight excluding hydrogens is 334 g/mol. The number of methoxy groups -OCH3 is 1. The van der Waals surface area contributed by atoms with Crippen LogP contribution in [0.15, 0.2) is 24.3 Å². The summed E-state index contributed by atoms with van der Waals surface area (Å²) < 4.78 is 5.41. The molecule has 2 saturated heterocycles. The zero-order valence-corrected chi connectivity index (χ0v) is 16.7. The minimum atomic E-state index is 0.478. The molecule has 1 spiro atoms. The molecule has 3 aliphatic rings. The number of rotatable bonds is 4. The van der Waals surface area contributed by atoms with Crippen molar-refractivity contribution >= 4 is 16.7 Å². The molecule has 144 valence electrons. The Bertz CT molecular complexity index is 847. The van der Waals surface area contributed by atoms with E-state index in [1.54, 1.807) is 7.11 Å². The summed E-state index contributed by atoms with van der Waals surface area (Å²) in [6, 6.07) is 8.49. The van der Waals surface area contributed by atoms with Gasteiger partial charge in [-0.15, -0.1) is 0 Å². The van der Waals surface area contributed by atoms with E-state index in [0.29, 0.717) is 5.41 Å². The fourth-order valence-corrected chi connectivity index (χ4v) is 5.25. The lowest BCUT2D eigenvalue weighted by molar-refractivity contribution is 0.101. The summed E-state index contributed by atoms with van der Waals surface area (Å²) in [4.78, 5) is 10.3. The zero-order valence-electron chi connectivity index (χ0n) is 16.7. The summed E-state index contributed by atoms with van der Waals surface area (Å²) in [5.74, 6) is 3.02. The molecule has 5 rings (SSSR count). The summed E-state index contributed by atoms with van der Waals surface area (Å²) in [7, 11) is 1.72. The molecule has 0 radical (unpaired) electrons. The van der Waals surface area contributed by atoms with Crippen LogP contribution in [0, 0.1) is 18.3 Å². The van der Waals surface area contributed by atoms with Gasteiger partial charge in [-0.25, -0.2) is 4.98 Å². The highest BCUT2D eigenvalue weighted by atomic mass is 16.5. The number of aromatic nitrogens is 1. The molecule has 4 heteroatoms. The molecule has 4 nitrogen and oxygen atoms in total. The molecule has 0 unspecified atom stereocenters. The van der Waals surface area contributed by atoms with Gasteiger partial charge in [-0.2, -0.15) is 0 Å². The Labute approximate surface area is 162 Å². The van der Waals surface area contributed by atoms with Gasteiger partial charge in [0.15, 0.2) is 0 Å². The Morgan fingerprint density at radius 3 is 2.85 bits per heavy atom. The first kappa shape index (κ1) is 17.3. The van der Waals surface area contributed by atoms with Crippen LogP contribution in [0.25, 0.3) is 10.9 Å². The third-order valence-electron chi connectivity index (χ3n) is 6.93. The Morgan fingerprint density at radius 1 is 1.15 bits per heavy atom. The Kier molecular flexibility index (Phi) is 4.27. The van der Waals surface area contributed by atoms with Crippen LogP contribution in [0.5, 0.6) is 5.75 Å². The maximum absolute atomic E-state index is 5.41. The van der Waals surface area contributed by atoms with Crippen molar-refractivity contribution in [3.8, 4) is 5.75 Å².